The summed E-state index contributed by atoms with van der Waals surface area (Å²) in [7, 11) is 0. The van der Waals surface area contributed by atoms with E-state index in [0.717, 1.165) is 14.5 Å². The monoisotopic (exact) mass is 406 g/mol. The molecule has 1 N–H and O–H groups in total. The third-order valence-electron chi connectivity index (χ3n) is 2.69. The number of halogens is 4. The van der Waals surface area contributed by atoms with E-state index in [4.69, 9.17) is 11.6 Å². The summed E-state index contributed by atoms with van der Waals surface area (Å²) in [4.78, 5) is 0. The van der Waals surface area contributed by atoms with E-state index in [1.807, 2.05) is 18.2 Å². The Hall–Kier alpha value is -0.420. The van der Waals surface area contributed by atoms with Gasteiger partial charge >= 0.3 is 0 Å². The molecule has 2 aromatic carbocycles. The van der Waals surface area contributed by atoms with Gasteiger partial charge in [-0.05, 0) is 47.5 Å². The molecule has 0 radical (unpaired) electrons. The second kappa shape index (κ2) is 6.35. The van der Waals surface area contributed by atoms with Gasteiger partial charge in [0.15, 0.2) is 0 Å². The molecule has 1 unspecified atom stereocenters. The molecule has 0 aliphatic rings. The summed E-state index contributed by atoms with van der Waals surface area (Å²) in [6, 6.07) is 9.67. The van der Waals surface area contributed by atoms with Crippen LogP contribution in [-0.2, 0) is 6.42 Å². The van der Waals surface area contributed by atoms with Crippen molar-refractivity contribution in [2.75, 3.05) is 0 Å². The molecule has 0 saturated heterocycles. The van der Waals surface area contributed by atoms with Gasteiger partial charge in [0, 0.05) is 20.4 Å². The summed E-state index contributed by atoms with van der Waals surface area (Å²) in [5.41, 5.74) is 1.33. The molecule has 0 aliphatic heterocycles. The first kappa shape index (κ1) is 15.0. The molecule has 1 nitrogen and oxygen atoms in total. The SMILES string of the molecule is OC(Cc1cc(F)ccc1Cl)c1cc(Br)cc(Br)c1. The Morgan fingerprint density at radius 3 is 2.37 bits per heavy atom. The van der Waals surface area contributed by atoms with Crippen molar-refractivity contribution >= 4 is 43.5 Å². The van der Waals surface area contributed by atoms with Crippen LogP contribution in [0.4, 0.5) is 4.39 Å². The van der Waals surface area contributed by atoms with Crippen molar-refractivity contribution in [3.05, 3.63) is 67.3 Å². The second-order valence-electron chi connectivity index (χ2n) is 4.16. The zero-order chi connectivity index (χ0) is 14.0. The lowest BCUT2D eigenvalue weighted by atomic mass is 10.0. The second-order valence-corrected chi connectivity index (χ2v) is 6.40. The highest BCUT2D eigenvalue weighted by molar-refractivity contribution is 9.11. The number of hydrogen-bond donors (Lipinski definition) is 1. The Balaban J connectivity index is 2.25. The molecule has 19 heavy (non-hydrogen) atoms. The van der Waals surface area contributed by atoms with Gasteiger partial charge < -0.3 is 5.11 Å². The number of hydrogen-bond acceptors (Lipinski definition) is 1. The van der Waals surface area contributed by atoms with Crippen LogP contribution in [0.3, 0.4) is 0 Å². The van der Waals surface area contributed by atoms with Gasteiger partial charge in [0.2, 0.25) is 0 Å². The smallest absolute Gasteiger partial charge is 0.123 e. The third kappa shape index (κ3) is 4.02. The molecule has 2 aromatic rings. The highest BCUT2D eigenvalue weighted by atomic mass is 79.9. The molecule has 0 fully saturated rings. The van der Waals surface area contributed by atoms with E-state index in [1.54, 1.807) is 0 Å². The van der Waals surface area contributed by atoms with E-state index in [-0.39, 0.29) is 12.2 Å². The van der Waals surface area contributed by atoms with Crippen LogP contribution in [0.5, 0.6) is 0 Å². The Labute approximate surface area is 132 Å². The minimum atomic E-state index is -0.742. The predicted molar refractivity (Wildman–Crippen MR) is 81.9 cm³/mol. The first-order valence-electron chi connectivity index (χ1n) is 5.53. The summed E-state index contributed by atoms with van der Waals surface area (Å²) in [6.07, 6.45) is -0.479. The number of aliphatic hydroxyl groups is 1. The van der Waals surface area contributed by atoms with Gasteiger partial charge in [0.05, 0.1) is 6.10 Å². The molecular weight excluding hydrogens is 398 g/mol. The summed E-state index contributed by atoms with van der Waals surface area (Å²) >= 11 is 12.7. The largest absolute Gasteiger partial charge is 0.388 e. The zero-order valence-electron chi connectivity index (χ0n) is 9.71. The van der Waals surface area contributed by atoms with Crippen LogP contribution in [0.1, 0.15) is 17.2 Å². The van der Waals surface area contributed by atoms with Crippen molar-refractivity contribution in [3.63, 3.8) is 0 Å². The average Bonchev–Trinajstić information content (AvgIpc) is 2.32. The van der Waals surface area contributed by atoms with Gasteiger partial charge in [-0.3, -0.25) is 0 Å². The van der Waals surface area contributed by atoms with Crippen LogP contribution >= 0.6 is 43.5 Å². The average molecular weight is 408 g/mol. The molecule has 100 valence electrons. The van der Waals surface area contributed by atoms with Crippen molar-refractivity contribution in [3.8, 4) is 0 Å². The summed E-state index contributed by atoms with van der Waals surface area (Å²) in [5, 5.41) is 10.7. The molecule has 0 saturated carbocycles. The van der Waals surface area contributed by atoms with Crippen molar-refractivity contribution in [1.29, 1.82) is 0 Å². The first-order valence-corrected chi connectivity index (χ1v) is 7.50. The minimum Gasteiger partial charge on any atom is -0.388 e. The van der Waals surface area contributed by atoms with Crippen LogP contribution in [0.25, 0.3) is 0 Å². The number of benzene rings is 2. The lowest BCUT2D eigenvalue weighted by Crippen LogP contribution is -2.03. The Bertz CT molecular complexity index is 584. The van der Waals surface area contributed by atoms with Gasteiger partial charge in [0.25, 0.3) is 0 Å². The molecule has 0 spiro atoms. The Morgan fingerprint density at radius 1 is 1.11 bits per heavy atom. The fourth-order valence-electron chi connectivity index (χ4n) is 1.79. The highest BCUT2D eigenvalue weighted by Gasteiger charge is 2.13. The van der Waals surface area contributed by atoms with Gasteiger partial charge in [0.1, 0.15) is 5.82 Å². The predicted octanol–water partition coefficient (Wildman–Crippen LogP) is 5.28. The highest BCUT2D eigenvalue weighted by Crippen LogP contribution is 2.28. The van der Waals surface area contributed by atoms with Crippen molar-refractivity contribution in [2.24, 2.45) is 0 Å². The topological polar surface area (TPSA) is 20.2 Å². The van der Waals surface area contributed by atoms with E-state index in [1.165, 1.54) is 18.2 Å². The van der Waals surface area contributed by atoms with E-state index in [0.29, 0.717) is 10.6 Å². The number of rotatable bonds is 3. The summed E-state index contributed by atoms with van der Waals surface area (Å²) in [6.45, 7) is 0. The normalized spacial score (nSPS) is 12.5. The van der Waals surface area contributed by atoms with Gasteiger partial charge in [-0.2, -0.15) is 0 Å². The maximum Gasteiger partial charge on any atom is 0.123 e. The van der Waals surface area contributed by atoms with Gasteiger partial charge in [-0.25, -0.2) is 4.39 Å². The fraction of sp³-hybridized carbons (Fsp3) is 0.143. The Morgan fingerprint density at radius 2 is 1.74 bits per heavy atom. The quantitative estimate of drug-likeness (QED) is 0.733. The first-order chi connectivity index (χ1) is 8.95. The van der Waals surface area contributed by atoms with Crippen LogP contribution in [0.15, 0.2) is 45.3 Å². The maximum absolute atomic E-state index is 13.2. The maximum atomic E-state index is 13.2. The van der Waals surface area contributed by atoms with Gasteiger partial charge in [-0.15, -0.1) is 0 Å². The summed E-state index contributed by atoms with van der Waals surface area (Å²) < 4.78 is 14.9. The van der Waals surface area contributed by atoms with Crippen LogP contribution in [-0.4, -0.2) is 5.11 Å². The fourth-order valence-corrected chi connectivity index (χ4v) is 3.32. The van der Waals surface area contributed by atoms with Crippen molar-refractivity contribution in [2.45, 2.75) is 12.5 Å². The van der Waals surface area contributed by atoms with Crippen LogP contribution in [0, 0.1) is 5.82 Å². The molecule has 0 bridgehead atoms. The van der Waals surface area contributed by atoms with Crippen molar-refractivity contribution < 1.29 is 9.50 Å². The third-order valence-corrected chi connectivity index (χ3v) is 3.98. The molecule has 5 heteroatoms. The molecule has 0 heterocycles. The molecule has 1 atom stereocenters. The standard InChI is InChI=1S/C14H10Br2ClFO/c15-10-3-9(4-11(16)7-10)14(19)6-8-5-12(18)1-2-13(8)17/h1-5,7,14,19H,6H2. The summed E-state index contributed by atoms with van der Waals surface area (Å²) in [5.74, 6) is -0.359. The van der Waals surface area contributed by atoms with Crippen molar-refractivity contribution in [1.82, 2.24) is 0 Å². The molecule has 2 rings (SSSR count). The van der Waals surface area contributed by atoms with E-state index >= 15 is 0 Å². The van der Waals surface area contributed by atoms with Crippen LogP contribution in [0.2, 0.25) is 5.02 Å². The lowest BCUT2D eigenvalue weighted by molar-refractivity contribution is 0.178. The zero-order valence-corrected chi connectivity index (χ0v) is 13.6. The molecule has 0 amide bonds. The minimum absolute atomic E-state index is 0.263. The van der Waals surface area contributed by atoms with E-state index in [9.17, 15) is 9.50 Å². The number of aliphatic hydroxyl groups excluding tert-OH is 1. The lowest BCUT2D eigenvalue weighted by Gasteiger charge is -2.13. The van der Waals surface area contributed by atoms with Crippen LogP contribution < -0.4 is 0 Å². The van der Waals surface area contributed by atoms with Gasteiger partial charge in [-0.1, -0.05) is 43.5 Å². The Kier molecular flexibility index (Phi) is 5.01. The van der Waals surface area contributed by atoms with E-state index in [2.05, 4.69) is 31.9 Å². The van der Waals surface area contributed by atoms with E-state index < -0.39 is 6.10 Å². The molecule has 0 aliphatic carbocycles. The molecular formula is C14H10Br2ClFO. The molecule has 0 aromatic heterocycles.